The van der Waals surface area contributed by atoms with E-state index in [0.29, 0.717) is 25.6 Å². The molecule has 0 aromatic heterocycles. The summed E-state index contributed by atoms with van der Waals surface area (Å²) in [5.74, 6) is 1.41. The van der Waals surface area contributed by atoms with Crippen LogP contribution in [-0.2, 0) is 9.59 Å². The van der Waals surface area contributed by atoms with E-state index < -0.39 is 0 Å². The van der Waals surface area contributed by atoms with Crippen molar-refractivity contribution in [1.82, 2.24) is 15.5 Å². The predicted octanol–water partition coefficient (Wildman–Crippen LogP) is 3.16. The van der Waals surface area contributed by atoms with Gasteiger partial charge in [0.15, 0.2) is 5.96 Å². The summed E-state index contributed by atoms with van der Waals surface area (Å²) < 4.78 is 0. The summed E-state index contributed by atoms with van der Waals surface area (Å²) in [6.45, 7) is 6.56. The number of carbonyl (C=O) groups is 2. The van der Waals surface area contributed by atoms with Crippen molar-refractivity contribution in [1.29, 1.82) is 0 Å². The van der Waals surface area contributed by atoms with Gasteiger partial charge in [-0.15, -0.1) is 24.0 Å². The fraction of sp³-hybridized carbons (Fsp3) is 0.542. The van der Waals surface area contributed by atoms with Crippen LogP contribution < -0.4 is 10.6 Å². The Morgan fingerprint density at radius 1 is 1.06 bits per heavy atom. The normalized spacial score (nSPS) is 27.3. The lowest BCUT2D eigenvalue weighted by Crippen LogP contribution is -2.43. The zero-order valence-electron chi connectivity index (χ0n) is 18.3. The topological polar surface area (TPSA) is 73.8 Å². The van der Waals surface area contributed by atoms with Gasteiger partial charge in [0.1, 0.15) is 0 Å². The Bertz CT molecular complexity index is 811. The van der Waals surface area contributed by atoms with Gasteiger partial charge in [-0.25, -0.2) is 0 Å². The van der Waals surface area contributed by atoms with Gasteiger partial charge in [-0.3, -0.25) is 19.5 Å². The van der Waals surface area contributed by atoms with E-state index in [9.17, 15) is 9.59 Å². The predicted molar refractivity (Wildman–Crippen MR) is 133 cm³/mol. The molecule has 168 valence electrons. The van der Waals surface area contributed by atoms with Crippen LogP contribution in [0.3, 0.4) is 0 Å². The number of fused-ring (bicyclic) bond motifs is 5. The van der Waals surface area contributed by atoms with Gasteiger partial charge in [-0.1, -0.05) is 49.4 Å². The highest BCUT2D eigenvalue weighted by Gasteiger charge is 2.58. The van der Waals surface area contributed by atoms with E-state index in [1.165, 1.54) is 10.5 Å². The minimum atomic E-state index is -0.120. The van der Waals surface area contributed by atoms with Crippen molar-refractivity contribution in [3.63, 3.8) is 0 Å². The summed E-state index contributed by atoms with van der Waals surface area (Å²) in [4.78, 5) is 31.8. The number of guanidine groups is 1. The third-order valence-corrected chi connectivity index (χ3v) is 6.77. The van der Waals surface area contributed by atoms with E-state index in [4.69, 9.17) is 4.99 Å². The minimum absolute atomic E-state index is 0. The largest absolute Gasteiger partial charge is 0.357 e. The third kappa shape index (κ3) is 4.81. The van der Waals surface area contributed by atoms with Crippen LogP contribution in [-0.4, -0.2) is 48.9 Å². The molecule has 31 heavy (non-hydrogen) atoms. The number of carbonyl (C=O) groups excluding carboxylic acids is 2. The number of aliphatic imine (C=N–C) groups is 1. The average Bonchev–Trinajstić information content (AvgIpc) is 3.44. The Kier molecular flexibility index (Phi) is 8.13. The van der Waals surface area contributed by atoms with Crippen LogP contribution in [0.1, 0.15) is 38.2 Å². The monoisotopic (exact) mass is 536 g/mol. The molecule has 7 heteroatoms. The summed E-state index contributed by atoms with van der Waals surface area (Å²) in [5.41, 5.74) is 1.29. The molecule has 2 amide bonds. The van der Waals surface area contributed by atoms with Crippen molar-refractivity contribution < 1.29 is 9.59 Å². The SMILES string of the molecule is CCNC(=NCC(CC)c1ccccc1)NCCN1C(=O)C2C3C=CC(C3)C2C1=O.I. The van der Waals surface area contributed by atoms with Gasteiger partial charge < -0.3 is 10.6 Å². The van der Waals surface area contributed by atoms with Crippen LogP contribution in [0.2, 0.25) is 0 Å². The maximum absolute atomic E-state index is 12.8. The molecular formula is C24H33IN4O2. The standard InChI is InChI=1S/C24H32N4O2.HI/c1-3-16(17-8-6-5-7-9-17)15-27-24(25-4-2)26-12-13-28-22(29)20-18-10-11-19(14-18)21(20)23(28)30;/h5-11,16,18-21H,3-4,12-15H2,1-2H3,(H2,25,26,27);1H. The molecule has 1 saturated heterocycles. The molecule has 0 radical (unpaired) electrons. The number of amides is 2. The summed E-state index contributed by atoms with van der Waals surface area (Å²) >= 11 is 0. The maximum Gasteiger partial charge on any atom is 0.233 e. The molecule has 3 aliphatic rings. The van der Waals surface area contributed by atoms with E-state index in [0.717, 1.165) is 25.3 Å². The number of imide groups is 1. The second-order valence-corrected chi connectivity index (χ2v) is 8.49. The van der Waals surface area contributed by atoms with Gasteiger partial charge in [0.25, 0.3) is 0 Å². The Balaban J connectivity index is 0.00000272. The molecule has 1 heterocycles. The highest BCUT2D eigenvalue weighted by atomic mass is 127. The second kappa shape index (κ2) is 10.6. The summed E-state index contributed by atoms with van der Waals surface area (Å²) in [6.07, 6.45) is 6.25. The van der Waals surface area contributed by atoms with Crippen LogP contribution >= 0.6 is 24.0 Å². The Labute approximate surface area is 202 Å². The van der Waals surface area contributed by atoms with E-state index in [2.05, 4.69) is 54.0 Å². The summed E-state index contributed by atoms with van der Waals surface area (Å²) in [6, 6.07) is 10.4. The first-order valence-corrected chi connectivity index (χ1v) is 11.2. The molecule has 2 N–H and O–H groups in total. The van der Waals surface area contributed by atoms with Gasteiger partial charge >= 0.3 is 0 Å². The first-order valence-electron chi connectivity index (χ1n) is 11.2. The number of benzene rings is 1. The van der Waals surface area contributed by atoms with Crippen molar-refractivity contribution in [2.75, 3.05) is 26.2 Å². The van der Waals surface area contributed by atoms with E-state index in [-0.39, 0.29) is 59.5 Å². The van der Waals surface area contributed by atoms with Gasteiger partial charge in [0.2, 0.25) is 11.8 Å². The number of hydrogen-bond acceptors (Lipinski definition) is 3. The number of halogens is 1. The number of rotatable bonds is 8. The Hall–Kier alpha value is -1.90. The number of hydrogen-bond donors (Lipinski definition) is 2. The van der Waals surface area contributed by atoms with Crippen LogP contribution in [0.4, 0.5) is 0 Å². The van der Waals surface area contributed by atoms with Crippen LogP contribution in [0.5, 0.6) is 0 Å². The van der Waals surface area contributed by atoms with Gasteiger partial charge in [-0.05, 0) is 37.2 Å². The molecule has 0 spiro atoms. The lowest BCUT2D eigenvalue weighted by Gasteiger charge is -2.19. The fourth-order valence-electron chi connectivity index (χ4n) is 5.21. The highest BCUT2D eigenvalue weighted by molar-refractivity contribution is 14.0. The molecule has 1 aromatic carbocycles. The number of allylic oxidation sites excluding steroid dienone is 2. The van der Waals surface area contributed by atoms with Crippen molar-refractivity contribution in [2.45, 2.75) is 32.6 Å². The first kappa shape index (κ1) is 23.8. The molecule has 1 aromatic rings. The molecule has 6 nitrogen and oxygen atoms in total. The molecule has 1 saturated carbocycles. The molecule has 2 aliphatic carbocycles. The quantitative estimate of drug-likeness (QED) is 0.176. The minimum Gasteiger partial charge on any atom is -0.357 e. The molecular weight excluding hydrogens is 503 g/mol. The van der Waals surface area contributed by atoms with Crippen molar-refractivity contribution in [2.24, 2.45) is 28.7 Å². The zero-order chi connectivity index (χ0) is 21.1. The highest BCUT2D eigenvalue weighted by Crippen LogP contribution is 2.52. The zero-order valence-corrected chi connectivity index (χ0v) is 20.6. The first-order chi connectivity index (χ1) is 14.6. The maximum atomic E-state index is 12.8. The van der Waals surface area contributed by atoms with Crippen LogP contribution in [0.15, 0.2) is 47.5 Å². The molecule has 2 fully saturated rings. The molecule has 1 aliphatic heterocycles. The smallest absolute Gasteiger partial charge is 0.233 e. The van der Waals surface area contributed by atoms with Gasteiger partial charge in [0, 0.05) is 32.1 Å². The fourth-order valence-corrected chi connectivity index (χ4v) is 5.21. The van der Waals surface area contributed by atoms with Gasteiger partial charge in [0.05, 0.1) is 11.8 Å². The van der Waals surface area contributed by atoms with Crippen molar-refractivity contribution >= 4 is 41.8 Å². The van der Waals surface area contributed by atoms with Crippen molar-refractivity contribution in [3.8, 4) is 0 Å². The number of nitrogens with one attached hydrogen (secondary N) is 2. The number of nitrogens with zero attached hydrogens (tertiary/aromatic N) is 2. The second-order valence-electron chi connectivity index (χ2n) is 8.49. The lowest BCUT2D eigenvalue weighted by atomic mass is 9.85. The summed E-state index contributed by atoms with van der Waals surface area (Å²) in [7, 11) is 0. The van der Waals surface area contributed by atoms with E-state index in [1.54, 1.807) is 0 Å². The Morgan fingerprint density at radius 3 is 2.29 bits per heavy atom. The molecule has 5 unspecified atom stereocenters. The molecule has 2 bridgehead atoms. The average molecular weight is 536 g/mol. The number of likely N-dealkylation sites (tertiary alicyclic amines) is 1. The summed E-state index contributed by atoms with van der Waals surface area (Å²) in [5, 5.41) is 6.57. The van der Waals surface area contributed by atoms with Crippen molar-refractivity contribution in [3.05, 3.63) is 48.0 Å². The molecule has 4 rings (SSSR count). The van der Waals surface area contributed by atoms with Crippen LogP contribution in [0, 0.1) is 23.7 Å². The van der Waals surface area contributed by atoms with E-state index in [1.807, 2.05) is 13.0 Å². The third-order valence-electron chi connectivity index (χ3n) is 6.77. The van der Waals surface area contributed by atoms with E-state index >= 15 is 0 Å². The Morgan fingerprint density at radius 2 is 1.71 bits per heavy atom. The lowest BCUT2D eigenvalue weighted by molar-refractivity contribution is -0.140. The molecule has 5 atom stereocenters. The van der Waals surface area contributed by atoms with Crippen LogP contribution in [0.25, 0.3) is 0 Å². The van der Waals surface area contributed by atoms with Gasteiger partial charge in [-0.2, -0.15) is 0 Å².